The molecule has 6 heteroatoms. The number of nitrogens with one attached hydrogen (secondary N) is 1. The summed E-state index contributed by atoms with van der Waals surface area (Å²) in [7, 11) is 0. The molecule has 1 aromatic rings. The maximum Gasteiger partial charge on any atom is 0.421 e. The van der Waals surface area contributed by atoms with E-state index in [0.717, 1.165) is 19.0 Å². The predicted molar refractivity (Wildman–Crippen MR) is 48.4 cm³/mol. The third-order valence-electron chi connectivity index (χ3n) is 2.13. The monoisotopic (exact) mass is 217 g/mol. The summed E-state index contributed by atoms with van der Waals surface area (Å²) < 4.78 is 37.6. The number of halogens is 3. The lowest BCUT2D eigenvalue weighted by molar-refractivity contribution is -0.137. The molecule has 1 fully saturated rings. The first kappa shape index (κ1) is 10.2. The Bertz CT molecular complexity index is 371. The van der Waals surface area contributed by atoms with Crippen molar-refractivity contribution in [1.29, 1.82) is 0 Å². The zero-order chi connectivity index (χ0) is 11.1. The number of hydrogen-bond donors (Lipinski definition) is 1. The van der Waals surface area contributed by atoms with Crippen LogP contribution < -0.4 is 5.32 Å². The van der Waals surface area contributed by atoms with Crippen molar-refractivity contribution in [2.75, 3.05) is 5.32 Å². The molecule has 2 rings (SSSR count). The van der Waals surface area contributed by atoms with Crippen LogP contribution in [-0.4, -0.2) is 16.0 Å². The molecule has 1 aliphatic carbocycles. The van der Waals surface area contributed by atoms with E-state index in [1.807, 2.05) is 0 Å². The van der Waals surface area contributed by atoms with Gasteiger partial charge in [-0.15, -0.1) is 0 Å². The van der Waals surface area contributed by atoms with Crippen molar-refractivity contribution in [1.82, 2.24) is 9.97 Å². The second-order valence-corrected chi connectivity index (χ2v) is 3.60. The second-order valence-electron chi connectivity index (χ2n) is 3.60. The van der Waals surface area contributed by atoms with Gasteiger partial charge < -0.3 is 5.32 Å². The highest BCUT2D eigenvalue weighted by molar-refractivity contribution is 5.46. The molecule has 0 spiro atoms. The zero-order valence-electron chi connectivity index (χ0n) is 8.10. The van der Waals surface area contributed by atoms with E-state index < -0.39 is 11.7 Å². The molecule has 0 aromatic carbocycles. The smallest absolute Gasteiger partial charge is 0.367 e. The summed E-state index contributed by atoms with van der Waals surface area (Å²) in [5, 5.41) is 2.76. The first-order chi connectivity index (χ1) is 6.97. The summed E-state index contributed by atoms with van der Waals surface area (Å²) in [5.74, 6) is 0.239. The van der Waals surface area contributed by atoms with Crippen LogP contribution in [0.25, 0.3) is 0 Å². The van der Waals surface area contributed by atoms with Crippen molar-refractivity contribution < 1.29 is 13.2 Å². The van der Waals surface area contributed by atoms with Gasteiger partial charge in [-0.05, 0) is 19.8 Å². The zero-order valence-corrected chi connectivity index (χ0v) is 8.10. The van der Waals surface area contributed by atoms with Gasteiger partial charge in [0.15, 0.2) is 0 Å². The standard InChI is InChI=1S/C9H10F3N3/c1-5-13-4-7(9(10,11)12)8(14-5)15-6-2-3-6/h4,6H,2-3H2,1H3,(H,13,14,15). The van der Waals surface area contributed by atoms with Gasteiger partial charge in [-0.1, -0.05) is 0 Å². The first-order valence-corrected chi connectivity index (χ1v) is 4.64. The number of anilines is 1. The average molecular weight is 217 g/mol. The normalized spacial score (nSPS) is 16.5. The maximum atomic E-state index is 12.5. The third-order valence-corrected chi connectivity index (χ3v) is 2.13. The van der Waals surface area contributed by atoms with Gasteiger partial charge >= 0.3 is 6.18 Å². The Morgan fingerprint density at radius 1 is 1.40 bits per heavy atom. The molecule has 0 atom stereocenters. The highest BCUT2D eigenvalue weighted by Gasteiger charge is 2.36. The quantitative estimate of drug-likeness (QED) is 0.826. The largest absolute Gasteiger partial charge is 0.421 e. The molecule has 1 saturated carbocycles. The van der Waals surface area contributed by atoms with Gasteiger partial charge in [0, 0.05) is 12.2 Å². The van der Waals surface area contributed by atoms with E-state index in [-0.39, 0.29) is 11.9 Å². The minimum absolute atomic E-state index is 0.0995. The summed E-state index contributed by atoms with van der Waals surface area (Å²) in [5.41, 5.74) is -0.792. The minimum atomic E-state index is -4.40. The van der Waals surface area contributed by atoms with Crippen LogP contribution in [0.4, 0.5) is 19.0 Å². The Balaban J connectivity index is 2.34. The van der Waals surface area contributed by atoms with Gasteiger partial charge in [0.1, 0.15) is 17.2 Å². The molecule has 15 heavy (non-hydrogen) atoms. The summed E-state index contributed by atoms with van der Waals surface area (Å²) >= 11 is 0. The third kappa shape index (κ3) is 2.37. The molecule has 3 nitrogen and oxygen atoms in total. The summed E-state index contributed by atoms with van der Waals surface area (Å²) in [4.78, 5) is 7.34. The lowest BCUT2D eigenvalue weighted by Crippen LogP contribution is -2.14. The van der Waals surface area contributed by atoms with E-state index in [1.54, 1.807) is 6.92 Å². The van der Waals surface area contributed by atoms with Crippen LogP contribution in [0.15, 0.2) is 6.20 Å². The Kier molecular flexibility index (Phi) is 2.28. The molecular formula is C9H10F3N3. The molecule has 1 aromatic heterocycles. The number of nitrogens with zero attached hydrogens (tertiary/aromatic N) is 2. The maximum absolute atomic E-state index is 12.5. The number of alkyl halides is 3. The Morgan fingerprint density at radius 3 is 2.60 bits per heavy atom. The fourth-order valence-electron chi connectivity index (χ4n) is 1.21. The molecule has 1 heterocycles. The van der Waals surface area contributed by atoms with E-state index in [2.05, 4.69) is 15.3 Å². The van der Waals surface area contributed by atoms with Gasteiger partial charge in [0.2, 0.25) is 0 Å². The van der Waals surface area contributed by atoms with E-state index in [0.29, 0.717) is 5.82 Å². The van der Waals surface area contributed by atoms with E-state index >= 15 is 0 Å². The molecule has 0 aliphatic heterocycles. The molecule has 0 bridgehead atoms. The Labute approximate surface area is 84.7 Å². The van der Waals surface area contributed by atoms with Gasteiger partial charge in [-0.25, -0.2) is 9.97 Å². The minimum Gasteiger partial charge on any atom is -0.367 e. The number of aromatic nitrogens is 2. The van der Waals surface area contributed by atoms with Crippen LogP contribution in [-0.2, 0) is 6.18 Å². The number of hydrogen-bond acceptors (Lipinski definition) is 3. The van der Waals surface area contributed by atoms with Crippen LogP contribution in [0.1, 0.15) is 24.2 Å². The highest BCUT2D eigenvalue weighted by atomic mass is 19.4. The van der Waals surface area contributed by atoms with Gasteiger partial charge in [0.25, 0.3) is 0 Å². The SMILES string of the molecule is Cc1ncc(C(F)(F)F)c(NC2CC2)n1. The topological polar surface area (TPSA) is 37.8 Å². The predicted octanol–water partition coefficient (Wildman–Crippen LogP) is 2.38. The number of aryl methyl sites for hydroxylation is 1. The fourth-order valence-corrected chi connectivity index (χ4v) is 1.21. The average Bonchev–Trinajstić information content (AvgIpc) is 2.85. The molecule has 0 saturated heterocycles. The van der Waals surface area contributed by atoms with Crippen molar-refractivity contribution in [2.45, 2.75) is 32.0 Å². The van der Waals surface area contributed by atoms with Crippen LogP contribution in [0.2, 0.25) is 0 Å². The molecule has 82 valence electrons. The Hall–Kier alpha value is -1.33. The summed E-state index contributed by atoms with van der Waals surface area (Å²) in [6.45, 7) is 1.57. The van der Waals surface area contributed by atoms with Crippen LogP contribution in [0, 0.1) is 6.92 Å². The van der Waals surface area contributed by atoms with Crippen LogP contribution >= 0.6 is 0 Å². The summed E-state index contributed by atoms with van der Waals surface area (Å²) in [6, 6.07) is 0.139. The van der Waals surface area contributed by atoms with Crippen molar-refractivity contribution in [2.24, 2.45) is 0 Å². The van der Waals surface area contributed by atoms with Crippen LogP contribution in [0.3, 0.4) is 0 Å². The summed E-state index contributed by atoms with van der Waals surface area (Å²) in [6.07, 6.45) is -1.77. The van der Waals surface area contributed by atoms with Crippen LogP contribution in [0.5, 0.6) is 0 Å². The molecule has 1 aliphatic rings. The van der Waals surface area contributed by atoms with E-state index in [4.69, 9.17) is 0 Å². The van der Waals surface area contributed by atoms with Crippen molar-refractivity contribution in [3.8, 4) is 0 Å². The lowest BCUT2D eigenvalue weighted by Gasteiger charge is -2.12. The molecular weight excluding hydrogens is 207 g/mol. The van der Waals surface area contributed by atoms with E-state index in [9.17, 15) is 13.2 Å². The molecule has 0 amide bonds. The Morgan fingerprint density at radius 2 is 2.07 bits per heavy atom. The molecule has 1 N–H and O–H groups in total. The van der Waals surface area contributed by atoms with Crippen molar-refractivity contribution >= 4 is 5.82 Å². The first-order valence-electron chi connectivity index (χ1n) is 4.64. The van der Waals surface area contributed by atoms with E-state index in [1.165, 1.54) is 0 Å². The van der Waals surface area contributed by atoms with Crippen molar-refractivity contribution in [3.63, 3.8) is 0 Å². The lowest BCUT2D eigenvalue weighted by atomic mass is 10.3. The van der Waals surface area contributed by atoms with Gasteiger partial charge in [-0.2, -0.15) is 13.2 Å². The number of rotatable bonds is 2. The fraction of sp³-hybridized carbons (Fsp3) is 0.556. The molecule has 0 unspecified atom stereocenters. The molecule has 0 radical (unpaired) electrons. The van der Waals surface area contributed by atoms with Gasteiger partial charge in [-0.3, -0.25) is 0 Å². The van der Waals surface area contributed by atoms with Gasteiger partial charge in [0.05, 0.1) is 0 Å². The highest BCUT2D eigenvalue weighted by Crippen LogP contribution is 2.35. The van der Waals surface area contributed by atoms with Crippen molar-refractivity contribution in [3.05, 3.63) is 17.6 Å². The second kappa shape index (κ2) is 3.36.